The maximum absolute atomic E-state index is 12.6. The number of benzene rings is 4. The van der Waals surface area contributed by atoms with Crippen molar-refractivity contribution in [2.45, 2.75) is 13.0 Å². The summed E-state index contributed by atoms with van der Waals surface area (Å²) in [5, 5.41) is 8.94. The van der Waals surface area contributed by atoms with E-state index < -0.39 is 0 Å². The van der Waals surface area contributed by atoms with Gasteiger partial charge < -0.3 is 25.4 Å². The molecule has 0 bridgehead atoms. The minimum absolute atomic E-state index is 0.0533. The van der Waals surface area contributed by atoms with Gasteiger partial charge in [-0.25, -0.2) is 0 Å². The minimum atomic E-state index is -0.220. The molecule has 4 aromatic rings. The second kappa shape index (κ2) is 13.5. The largest absolute Gasteiger partial charge is 0.490 e. The molecule has 38 heavy (non-hydrogen) atoms. The van der Waals surface area contributed by atoms with Gasteiger partial charge in [-0.15, -0.1) is 0 Å². The van der Waals surface area contributed by atoms with Crippen LogP contribution in [0.1, 0.15) is 28.9 Å². The zero-order chi connectivity index (χ0) is 26.6. The van der Waals surface area contributed by atoms with Gasteiger partial charge in [0, 0.05) is 11.3 Å². The van der Waals surface area contributed by atoms with E-state index in [9.17, 15) is 9.59 Å². The van der Waals surface area contributed by atoms with Crippen molar-refractivity contribution in [1.29, 1.82) is 0 Å². The van der Waals surface area contributed by atoms with Gasteiger partial charge in [0.05, 0.1) is 18.3 Å². The van der Waals surface area contributed by atoms with Gasteiger partial charge >= 0.3 is 0 Å². The monoisotopic (exact) mass is 509 g/mol. The molecule has 4 aromatic carbocycles. The molecule has 0 fully saturated rings. The summed E-state index contributed by atoms with van der Waals surface area (Å²) < 4.78 is 11.5. The molecule has 0 aliphatic carbocycles. The van der Waals surface area contributed by atoms with Crippen molar-refractivity contribution in [3.05, 3.63) is 120 Å². The van der Waals surface area contributed by atoms with Crippen LogP contribution >= 0.6 is 0 Å². The number of ether oxygens (including phenoxy) is 2. The fraction of sp³-hybridized carbons (Fsp3) is 0.161. The van der Waals surface area contributed by atoms with Gasteiger partial charge in [0.1, 0.15) is 24.7 Å². The van der Waals surface area contributed by atoms with Crippen molar-refractivity contribution in [1.82, 2.24) is 5.32 Å². The third-order valence-corrected chi connectivity index (χ3v) is 5.76. The number of amides is 2. The Balaban J connectivity index is 1.22. The van der Waals surface area contributed by atoms with Gasteiger partial charge in [0.25, 0.3) is 5.91 Å². The van der Waals surface area contributed by atoms with Crippen molar-refractivity contribution in [2.75, 3.05) is 30.4 Å². The van der Waals surface area contributed by atoms with Gasteiger partial charge in [-0.05, 0) is 61.0 Å². The number of hydrogen-bond acceptors (Lipinski definition) is 5. The Labute approximate surface area is 222 Å². The minimum Gasteiger partial charge on any atom is -0.490 e. The number of anilines is 2. The summed E-state index contributed by atoms with van der Waals surface area (Å²) in [6, 6.07) is 33.5. The third-order valence-electron chi connectivity index (χ3n) is 5.76. The maximum Gasteiger partial charge on any atom is 0.251 e. The van der Waals surface area contributed by atoms with Crippen LogP contribution in [0, 0.1) is 0 Å². The molecular weight excluding hydrogens is 478 g/mol. The lowest BCUT2D eigenvalue weighted by molar-refractivity contribution is -0.114. The molecule has 7 heteroatoms. The maximum atomic E-state index is 12.6. The Morgan fingerprint density at radius 2 is 1.37 bits per heavy atom. The van der Waals surface area contributed by atoms with E-state index in [-0.39, 0.29) is 24.4 Å². The SMILES string of the molecule is CC(NC(=O)c1ccc(NC(=O)CNc2ccccc2OCCOc2ccccc2)cc1)c1ccccc1. The van der Waals surface area contributed by atoms with Crippen LogP contribution in [-0.2, 0) is 4.79 Å². The Bertz CT molecular complexity index is 1310. The van der Waals surface area contributed by atoms with Crippen LogP contribution in [0.5, 0.6) is 11.5 Å². The summed E-state index contributed by atoms with van der Waals surface area (Å²) in [6.45, 7) is 2.76. The number of hydrogen-bond donors (Lipinski definition) is 3. The van der Waals surface area contributed by atoms with Crippen LogP contribution in [0.4, 0.5) is 11.4 Å². The molecule has 2 amide bonds. The number of para-hydroxylation sites is 3. The Hall–Kier alpha value is -4.78. The molecule has 0 spiro atoms. The number of carbonyl (C=O) groups excluding carboxylic acids is 2. The molecule has 0 heterocycles. The van der Waals surface area contributed by atoms with Crippen LogP contribution in [-0.4, -0.2) is 31.6 Å². The average molecular weight is 510 g/mol. The lowest BCUT2D eigenvalue weighted by atomic mass is 10.1. The highest BCUT2D eigenvalue weighted by Crippen LogP contribution is 2.23. The van der Waals surface area contributed by atoms with E-state index in [1.54, 1.807) is 24.3 Å². The fourth-order valence-corrected chi connectivity index (χ4v) is 3.76. The van der Waals surface area contributed by atoms with E-state index in [1.807, 2.05) is 91.9 Å². The Morgan fingerprint density at radius 1 is 0.737 bits per heavy atom. The van der Waals surface area contributed by atoms with Crippen molar-refractivity contribution in [3.8, 4) is 11.5 Å². The van der Waals surface area contributed by atoms with Crippen molar-refractivity contribution >= 4 is 23.2 Å². The first-order valence-electron chi connectivity index (χ1n) is 12.5. The predicted molar refractivity (Wildman–Crippen MR) is 150 cm³/mol. The van der Waals surface area contributed by atoms with E-state index in [2.05, 4.69) is 16.0 Å². The molecule has 3 N–H and O–H groups in total. The van der Waals surface area contributed by atoms with E-state index in [4.69, 9.17) is 9.47 Å². The van der Waals surface area contributed by atoms with Crippen molar-refractivity contribution in [3.63, 3.8) is 0 Å². The summed E-state index contributed by atoms with van der Waals surface area (Å²) in [6.07, 6.45) is 0. The van der Waals surface area contributed by atoms with E-state index in [1.165, 1.54) is 0 Å². The van der Waals surface area contributed by atoms with Gasteiger partial charge in [-0.3, -0.25) is 9.59 Å². The van der Waals surface area contributed by atoms with Crippen LogP contribution in [0.3, 0.4) is 0 Å². The number of rotatable bonds is 12. The van der Waals surface area contributed by atoms with E-state index in [0.29, 0.717) is 35.9 Å². The van der Waals surface area contributed by atoms with Gasteiger partial charge in [-0.2, -0.15) is 0 Å². The quantitative estimate of drug-likeness (QED) is 0.214. The second-order valence-corrected chi connectivity index (χ2v) is 8.59. The molecule has 194 valence electrons. The molecule has 0 saturated carbocycles. The van der Waals surface area contributed by atoms with Gasteiger partial charge in [0.15, 0.2) is 0 Å². The smallest absolute Gasteiger partial charge is 0.251 e. The molecular formula is C31H31N3O4. The molecule has 7 nitrogen and oxygen atoms in total. The topological polar surface area (TPSA) is 88.7 Å². The van der Waals surface area contributed by atoms with Crippen molar-refractivity contribution in [2.24, 2.45) is 0 Å². The zero-order valence-electron chi connectivity index (χ0n) is 21.2. The summed E-state index contributed by atoms with van der Waals surface area (Å²) in [7, 11) is 0. The number of carbonyl (C=O) groups is 2. The Kier molecular flexibility index (Phi) is 9.34. The van der Waals surface area contributed by atoms with Gasteiger partial charge in [-0.1, -0.05) is 60.7 Å². The first-order valence-corrected chi connectivity index (χ1v) is 12.5. The second-order valence-electron chi connectivity index (χ2n) is 8.59. The highest BCUT2D eigenvalue weighted by atomic mass is 16.5. The normalized spacial score (nSPS) is 11.2. The lowest BCUT2D eigenvalue weighted by Gasteiger charge is -2.15. The highest BCUT2D eigenvalue weighted by molar-refractivity contribution is 5.97. The van der Waals surface area contributed by atoms with Crippen LogP contribution in [0.2, 0.25) is 0 Å². The van der Waals surface area contributed by atoms with Crippen molar-refractivity contribution < 1.29 is 19.1 Å². The summed E-state index contributed by atoms with van der Waals surface area (Å²) in [4.78, 5) is 25.1. The van der Waals surface area contributed by atoms with Crippen LogP contribution in [0.25, 0.3) is 0 Å². The van der Waals surface area contributed by atoms with Gasteiger partial charge in [0.2, 0.25) is 5.91 Å². The molecule has 0 saturated heterocycles. The molecule has 1 atom stereocenters. The zero-order valence-corrected chi connectivity index (χ0v) is 21.2. The first-order chi connectivity index (χ1) is 18.6. The predicted octanol–water partition coefficient (Wildman–Crippen LogP) is 5.69. The fourth-order valence-electron chi connectivity index (χ4n) is 3.76. The molecule has 0 aliphatic rings. The van der Waals surface area contributed by atoms with Crippen LogP contribution < -0.4 is 25.4 Å². The Morgan fingerprint density at radius 3 is 2.11 bits per heavy atom. The van der Waals surface area contributed by atoms with E-state index >= 15 is 0 Å². The van der Waals surface area contributed by atoms with E-state index in [0.717, 1.165) is 11.3 Å². The summed E-state index contributed by atoms with van der Waals surface area (Å²) in [5.74, 6) is 1.03. The summed E-state index contributed by atoms with van der Waals surface area (Å²) >= 11 is 0. The third kappa shape index (κ3) is 7.86. The van der Waals surface area contributed by atoms with Crippen LogP contribution in [0.15, 0.2) is 109 Å². The molecule has 0 radical (unpaired) electrons. The molecule has 0 aliphatic heterocycles. The summed E-state index contributed by atoms with van der Waals surface area (Å²) in [5.41, 5.74) is 2.87. The molecule has 4 rings (SSSR count). The molecule has 0 aromatic heterocycles. The lowest BCUT2D eigenvalue weighted by Crippen LogP contribution is -2.26. The molecule has 1 unspecified atom stereocenters. The highest BCUT2D eigenvalue weighted by Gasteiger charge is 2.12. The average Bonchev–Trinajstić information content (AvgIpc) is 2.96. The number of nitrogens with one attached hydrogen (secondary N) is 3. The standard InChI is InChI=1S/C31H31N3O4/c1-23(24-10-4-2-5-11-24)33-31(36)25-16-18-26(19-17-25)34-30(35)22-32-28-14-8-9-15-29(28)38-21-20-37-27-12-6-3-7-13-27/h2-19,23,32H,20-22H2,1H3,(H,33,36)(H,34,35). The first kappa shape index (κ1) is 26.3.